The van der Waals surface area contributed by atoms with Crippen LogP contribution < -0.4 is 16.0 Å². The Kier molecular flexibility index (Phi) is 47.5. The number of carbonyl (C=O) groups is 5. The average Bonchev–Trinajstić information content (AvgIpc) is 3.33. The Balaban J connectivity index is 5.55. The SMILES string of the molecule is CCCCCCCCCCCC(=O)O[C@H](CCCCCCCCCCC)CC(=O)N[C@@H](CCOP(=O)(O)O)C(=O)NCCC[C@H](COC(=O)CCCCCO)NC(=O)C[C@H](O)CCCCCCCCCCC. The summed E-state index contributed by atoms with van der Waals surface area (Å²) in [5.74, 6) is -2.35. The number of esters is 2. The topological polar surface area (TPSA) is 247 Å². The molecule has 0 fully saturated rings. The molecule has 72 heavy (non-hydrogen) atoms. The quantitative estimate of drug-likeness (QED) is 0.0170. The first-order valence-electron chi connectivity index (χ1n) is 28.9. The van der Waals surface area contributed by atoms with Gasteiger partial charge in [0.2, 0.25) is 17.7 Å². The zero-order chi connectivity index (χ0) is 53.3. The third kappa shape index (κ3) is 47.1. The summed E-state index contributed by atoms with van der Waals surface area (Å²) in [5, 5.41) is 28.0. The second-order valence-electron chi connectivity index (χ2n) is 20.1. The van der Waals surface area contributed by atoms with Crippen molar-refractivity contribution in [1.82, 2.24) is 16.0 Å². The molecule has 0 bridgehead atoms. The van der Waals surface area contributed by atoms with E-state index in [0.29, 0.717) is 51.4 Å². The molecule has 0 aromatic carbocycles. The fourth-order valence-electron chi connectivity index (χ4n) is 8.73. The van der Waals surface area contributed by atoms with Crippen LogP contribution in [-0.2, 0) is 42.5 Å². The first-order valence-corrected chi connectivity index (χ1v) is 30.5. The summed E-state index contributed by atoms with van der Waals surface area (Å²) in [6.07, 6.45) is 32.0. The average molecular weight is 1050 g/mol. The summed E-state index contributed by atoms with van der Waals surface area (Å²) >= 11 is 0. The predicted molar refractivity (Wildman–Crippen MR) is 286 cm³/mol. The summed E-state index contributed by atoms with van der Waals surface area (Å²) in [4.78, 5) is 84.4. The van der Waals surface area contributed by atoms with E-state index in [1.54, 1.807) is 0 Å². The first kappa shape index (κ1) is 69.4. The Labute approximate surface area is 436 Å². The zero-order valence-electron chi connectivity index (χ0n) is 45.6. The van der Waals surface area contributed by atoms with Crippen LogP contribution in [0.15, 0.2) is 0 Å². The fourth-order valence-corrected chi connectivity index (χ4v) is 9.07. The lowest BCUT2D eigenvalue weighted by Crippen LogP contribution is -2.48. The molecule has 7 N–H and O–H groups in total. The van der Waals surface area contributed by atoms with Crippen molar-refractivity contribution >= 4 is 37.5 Å². The van der Waals surface area contributed by atoms with Crippen LogP contribution in [0.25, 0.3) is 0 Å². The molecule has 0 spiro atoms. The number of aliphatic hydroxyl groups is 2. The van der Waals surface area contributed by atoms with Gasteiger partial charge in [-0.05, 0) is 51.4 Å². The number of phosphoric acid groups is 1. The molecule has 3 amide bonds. The van der Waals surface area contributed by atoms with Gasteiger partial charge in [-0.1, -0.05) is 188 Å². The lowest BCUT2D eigenvalue weighted by molar-refractivity contribution is -0.151. The molecule has 0 rings (SSSR count). The fraction of sp³-hybridized carbons (Fsp3) is 0.909. The molecule has 4 atom stereocenters. The van der Waals surface area contributed by atoms with E-state index in [0.717, 1.165) is 64.2 Å². The van der Waals surface area contributed by atoms with E-state index in [4.69, 9.17) is 14.6 Å². The van der Waals surface area contributed by atoms with E-state index in [1.807, 2.05) is 0 Å². The van der Waals surface area contributed by atoms with Crippen LogP contribution in [0.2, 0.25) is 0 Å². The van der Waals surface area contributed by atoms with Gasteiger partial charge < -0.3 is 45.4 Å². The maximum Gasteiger partial charge on any atom is 0.469 e. The number of amides is 3. The second-order valence-corrected chi connectivity index (χ2v) is 21.4. The van der Waals surface area contributed by atoms with Gasteiger partial charge in [0.05, 0.1) is 31.6 Å². The van der Waals surface area contributed by atoms with Gasteiger partial charge in [0.1, 0.15) is 18.8 Å². The minimum absolute atomic E-state index is 0.0372. The van der Waals surface area contributed by atoms with Crippen molar-refractivity contribution < 1.29 is 62.5 Å². The van der Waals surface area contributed by atoms with Crippen molar-refractivity contribution in [2.24, 2.45) is 0 Å². The lowest BCUT2D eigenvalue weighted by Gasteiger charge is -2.22. The summed E-state index contributed by atoms with van der Waals surface area (Å²) in [6.45, 7) is 6.08. The van der Waals surface area contributed by atoms with Crippen molar-refractivity contribution in [2.75, 3.05) is 26.4 Å². The number of hydrogen-bond acceptors (Lipinski definition) is 11. The van der Waals surface area contributed by atoms with Crippen molar-refractivity contribution in [1.29, 1.82) is 0 Å². The number of hydrogen-bond donors (Lipinski definition) is 7. The van der Waals surface area contributed by atoms with Gasteiger partial charge in [-0.3, -0.25) is 28.5 Å². The highest BCUT2D eigenvalue weighted by molar-refractivity contribution is 7.46. The largest absolute Gasteiger partial charge is 0.469 e. The number of rotatable bonds is 53. The molecule has 0 aromatic rings. The molecular weight excluding hydrogens is 942 g/mol. The van der Waals surface area contributed by atoms with E-state index in [2.05, 4.69) is 41.2 Å². The Bertz CT molecular complexity index is 1390. The molecule has 0 heterocycles. The second kappa shape index (κ2) is 49.3. The van der Waals surface area contributed by atoms with Gasteiger partial charge in [-0.25, -0.2) is 4.57 Å². The number of ether oxygens (including phenoxy) is 2. The normalized spacial score (nSPS) is 13.3. The van der Waals surface area contributed by atoms with E-state index < -0.39 is 56.5 Å². The molecule has 17 heteroatoms. The Morgan fingerprint density at radius 3 is 1.49 bits per heavy atom. The van der Waals surface area contributed by atoms with Gasteiger partial charge in [0.15, 0.2) is 0 Å². The molecule has 0 aliphatic carbocycles. The highest BCUT2D eigenvalue weighted by atomic mass is 31.2. The number of unbranched alkanes of at least 4 members (excludes halogenated alkanes) is 26. The maximum atomic E-state index is 13.6. The van der Waals surface area contributed by atoms with E-state index >= 15 is 0 Å². The Morgan fingerprint density at radius 2 is 0.972 bits per heavy atom. The van der Waals surface area contributed by atoms with Crippen LogP contribution in [0, 0.1) is 0 Å². The summed E-state index contributed by atoms with van der Waals surface area (Å²) in [6, 6.07) is -1.85. The molecule has 0 radical (unpaired) electrons. The number of phosphoric ester groups is 1. The maximum absolute atomic E-state index is 13.6. The third-order valence-corrected chi connectivity index (χ3v) is 13.6. The molecule has 16 nitrogen and oxygen atoms in total. The van der Waals surface area contributed by atoms with Crippen LogP contribution in [-0.4, -0.2) is 100 Å². The highest BCUT2D eigenvalue weighted by Gasteiger charge is 2.26. The molecule has 0 aromatic heterocycles. The van der Waals surface area contributed by atoms with Crippen LogP contribution in [0.1, 0.15) is 271 Å². The molecular formula is C55H106N3O13P. The van der Waals surface area contributed by atoms with Crippen LogP contribution in [0.3, 0.4) is 0 Å². The van der Waals surface area contributed by atoms with Crippen LogP contribution >= 0.6 is 7.82 Å². The van der Waals surface area contributed by atoms with Gasteiger partial charge in [-0.15, -0.1) is 0 Å². The van der Waals surface area contributed by atoms with Crippen LogP contribution in [0.4, 0.5) is 0 Å². The number of nitrogens with one attached hydrogen (secondary N) is 3. The van der Waals surface area contributed by atoms with E-state index in [9.17, 15) is 43.4 Å². The summed E-state index contributed by atoms with van der Waals surface area (Å²) in [7, 11) is -4.87. The molecule has 0 unspecified atom stereocenters. The minimum atomic E-state index is -4.87. The first-order chi connectivity index (χ1) is 34.7. The summed E-state index contributed by atoms with van der Waals surface area (Å²) < 4.78 is 27.5. The van der Waals surface area contributed by atoms with Crippen molar-refractivity contribution in [3.63, 3.8) is 0 Å². The monoisotopic (exact) mass is 1050 g/mol. The minimum Gasteiger partial charge on any atom is -0.463 e. The predicted octanol–water partition coefficient (Wildman–Crippen LogP) is 11.3. The molecule has 0 aliphatic rings. The molecule has 424 valence electrons. The Hall–Kier alpha value is -2.62. The van der Waals surface area contributed by atoms with Gasteiger partial charge in [0.25, 0.3) is 0 Å². The smallest absolute Gasteiger partial charge is 0.463 e. The highest BCUT2D eigenvalue weighted by Crippen LogP contribution is 2.35. The standard InChI is InChI=1S/C55H106N3O13P/c1-4-7-10-13-16-19-22-25-29-36-48(60)44-51(61)57-47(46-69-53(63)38-32-28-33-42-59)35-34-41-56-55(65)50(40-43-70-72(66,67)68)58-52(62)45-49(37-30-26-23-20-17-14-11-8-5-2)71-54(64)39-31-27-24-21-18-15-12-9-6-3/h47-50,59-60H,4-46H2,1-3H3,(H,56,65)(H,57,61)(H,58,62)(H2,66,67,68)/t47-,48-,49-,50+/m1/s1. The molecule has 0 saturated heterocycles. The Morgan fingerprint density at radius 1 is 0.514 bits per heavy atom. The lowest BCUT2D eigenvalue weighted by atomic mass is 10.0. The number of aliphatic hydroxyl groups excluding tert-OH is 2. The van der Waals surface area contributed by atoms with Crippen molar-refractivity contribution in [3.05, 3.63) is 0 Å². The summed E-state index contributed by atoms with van der Waals surface area (Å²) in [5.41, 5.74) is 0. The van der Waals surface area contributed by atoms with Gasteiger partial charge >= 0.3 is 19.8 Å². The van der Waals surface area contributed by atoms with E-state index in [1.165, 1.54) is 103 Å². The van der Waals surface area contributed by atoms with Gasteiger partial charge in [0, 0.05) is 32.4 Å². The molecule has 0 saturated carbocycles. The molecule has 0 aliphatic heterocycles. The zero-order valence-corrected chi connectivity index (χ0v) is 46.5. The van der Waals surface area contributed by atoms with Gasteiger partial charge in [-0.2, -0.15) is 0 Å². The number of carbonyl (C=O) groups excluding carboxylic acids is 5. The van der Waals surface area contributed by atoms with Crippen LogP contribution in [0.5, 0.6) is 0 Å². The van der Waals surface area contributed by atoms with E-state index in [-0.39, 0.29) is 63.7 Å². The third-order valence-electron chi connectivity index (χ3n) is 13.1. The van der Waals surface area contributed by atoms with Crippen molar-refractivity contribution in [3.8, 4) is 0 Å². The van der Waals surface area contributed by atoms with Crippen molar-refractivity contribution in [2.45, 2.75) is 295 Å².